The van der Waals surface area contributed by atoms with Crippen LogP contribution in [0.2, 0.25) is 0 Å². The molecule has 2 rings (SSSR count). The highest BCUT2D eigenvalue weighted by Gasteiger charge is 2.22. The molecule has 0 saturated carbocycles. The summed E-state index contributed by atoms with van der Waals surface area (Å²) in [5.74, 6) is 0.969. The van der Waals surface area contributed by atoms with Gasteiger partial charge in [-0.25, -0.2) is 0 Å². The number of nitrogens with one attached hydrogen (secondary N) is 2. The standard InChI is InChI=1S/C13H20N2O3/c1-10(4-5-11-3-2-7-18-11)15-13(16)12-9-17-8-6-14-12/h2-3,7,10,12,14H,4-6,8-9H2,1H3,(H,15,16). The van der Waals surface area contributed by atoms with Gasteiger partial charge in [-0.3, -0.25) is 4.79 Å². The summed E-state index contributed by atoms with van der Waals surface area (Å²) in [4.78, 5) is 11.9. The summed E-state index contributed by atoms with van der Waals surface area (Å²) in [5, 5.41) is 6.13. The summed E-state index contributed by atoms with van der Waals surface area (Å²) in [6.45, 7) is 3.87. The molecule has 0 aliphatic carbocycles. The van der Waals surface area contributed by atoms with Crippen LogP contribution in [0, 0.1) is 0 Å². The van der Waals surface area contributed by atoms with Crippen LogP contribution in [0.25, 0.3) is 0 Å². The fraction of sp³-hybridized carbons (Fsp3) is 0.615. The predicted molar refractivity (Wildman–Crippen MR) is 67.2 cm³/mol. The minimum Gasteiger partial charge on any atom is -0.469 e. The summed E-state index contributed by atoms with van der Waals surface area (Å²) in [5.41, 5.74) is 0. The zero-order valence-electron chi connectivity index (χ0n) is 10.6. The quantitative estimate of drug-likeness (QED) is 0.810. The van der Waals surface area contributed by atoms with E-state index in [0.29, 0.717) is 13.2 Å². The van der Waals surface area contributed by atoms with Gasteiger partial charge in [0.25, 0.3) is 0 Å². The first-order valence-electron chi connectivity index (χ1n) is 6.39. The van der Waals surface area contributed by atoms with Crippen molar-refractivity contribution in [1.29, 1.82) is 0 Å². The third-order valence-corrected chi connectivity index (χ3v) is 3.03. The molecule has 0 bridgehead atoms. The van der Waals surface area contributed by atoms with Gasteiger partial charge in [-0.15, -0.1) is 0 Å². The van der Waals surface area contributed by atoms with Crippen molar-refractivity contribution in [2.45, 2.75) is 31.8 Å². The number of ether oxygens (including phenoxy) is 1. The van der Waals surface area contributed by atoms with E-state index in [4.69, 9.17) is 9.15 Å². The van der Waals surface area contributed by atoms with E-state index in [9.17, 15) is 4.79 Å². The summed E-state index contributed by atoms with van der Waals surface area (Å²) >= 11 is 0. The molecule has 0 radical (unpaired) electrons. The van der Waals surface area contributed by atoms with E-state index in [1.54, 1.807) is 6.26 Å². The Hall–Kier alpha value is -1.33. The van der Waals surface area contributed by atoms with Crippen molar-refractivity contribution in [3.05, 3.63) is 24.2 Å². The average Bonchev–Trinajstić information content (AvgIpc) is 2.90. The van der Waals surface area contributed by atoms with E-state index in [1.807, 2.05) is 19.1 Å². The van der Waals surface area contributed by atoms with Gasteiger partial charge in [0.05, 0.1) is 19.5 Å². The highest BCUT2D eigenvalue weighted by atomic mass is 16.5. The lowest BCUT2D eigenvalue weighted by Gasteiger charge is -2.24. The predicted octanol–water partition coefficient (Wildman–Crippen LogP) is 0.705. The summed E-state index contributed by atoms with van der Waals surface area (Å²) in [6.07, 6.45) is 3.37. The van der Waals surface area contributed by atoms with Gasteiger partial charge in [0, 0.05) is 19.0 Å². The monoisotopic (exact) mass is 252 g/mol. The lowest BCUT2D eigenvalue weighted by molar-refractivity contribution is -0.126. The topological polar surface area (TPSA) is 63.5 Å². The van der Waals surface area contributed by atoms with Crippen molar-refractivity contribution in [3.63, 3.8) is 0 Å². The molecule has 2 N–H and O–H groups in total. The Bertz CT molecular complexity index is 358. The number of hydrogen-bond donors (Lipinski definition) is 2. The van der Waals surface area contributed by atoms with Gasteiger partial charge in [0.1, 0.15) is 11.8 Å². The summed E-state index contributed by atoms with van der Waals surface area (Å²) in [6, 6.07) is 3.74. The van der Waals surface area contributed by atoms with E-state index in [2.05, 4.69) is 10.6 Å². The van der Waals surface area contributed by atoms with Crippen LogP contribution >= 0.6 is 0 Å². The fourth-order valence-electron chi connectivity index (χ4n) is 1.96. The van der Waals surface area contributed by atoms with Crippen LogP contribution in [0.3, 0.4) is 0 Å². The molecule has 18 heavy (non-hydrogen) atoms. The molecule has 1 aromatic heterocycles. The van der Waals surface area contributed by atoms with Crippen LogP contribution < -0.4 is 10.6 Å². The van der Waals surface area contributed by atoms with E-state index in [-0.39, 0.29) is 18.0 Å². The molecule has 1 fully saturated rings. The molecule has 1 aliphatic rings. The van der Waals surface area contributed by atoms with Crippen LogP contribution in [0.1, 0.15) is 19.1 Å². The van der Waals surface area contributed by atoms with Gasteiger partial charge in [-0.05, 0) is 25.5 Å². The van der Waals surface area contributed by atoms with Crippen molar-refractivity contribution in [3.8, 4) is 0 Å². The molecule has 2 heterocycles. The van der Waals surface area contributed by atoms with E-state index < -0.39 is 0 Å². The van der Waals surface area contributed by atoms with Crippen LogP contribution in [-0.2, 0) is 16.0 Å². The maximum atomic E-state index is 11.9. The number of carbonyl (C=O) groups is 1. The SMILES string of the molecule is CC(CCc1ccco1)NC(=O)C1COCCN1. The maximum Gasteiger partial charge on any atom is 0.239 e. The third kappa shape index (κ3) is 3.85. The molecule has 2 atom stereocenters. The first-order chi connectivity index (χ1) is 8.75. The lowest BCUT2D eigenvalue weighted by atomic mass is 10.1. The van der Waals surface area contributed by atoms with E-state index in [0.717, 1.165) is 25.1 Å². The number of aryl methyl sites for hydroxylation is 1. The summed E-state index contributed by atoms with van der Waals surface area (Å²) < 4.78 is 10.5. The Morgan fingerprint density at radius 2 is 2.56 bits per heavy atom. The number of hydrogen-bond acceptors (Lipinski definition) is 4. The molecule has 0 aromatic carbocycles. The molecule has 5 nitrogen and oxygen atoms in total. The maximum absolute atomic E-state index is 11.9. The molecule has 0 spiro atoms. The number of amides is 1. The van der Waals surface area contributed by atoms with Gasteiger partial charge in [0.15, 0.2) is 0 Å². The van der Waals surface area contributed by atoms with Gasteiger partial charge in [0.2, 0.25) is 5.91 Å². The van der Waals surface area contributed by atoms with Crippen LogP contribution in [0.5, 0.6) is 0 Å². The Morgan fingerprint density at radius 3 is 3.22 bits per heavy atom. The largest absolute Gasteiger partial charge is 0.469 e. The van der Waals surface area contributed by atoms with E-state index >= 15 is 0 Å². The van der Waals surface area contributed by atoms with Crippen molar-refractivity contribution >= 4 is 5.91 Å². The number of furan rings is 1. The summed E-state index contributed by atoms with van der Waals surface area (Å²) in [7, 11) is 0. The second-order valence-electron chi connectivity index (χ2n) is 4.61. The first-order valence-corrected chi connectivity index (χ1v) is 6.39. The zero-order chi connectivity index (χ0) is 12.8. The Labute approximate surface area is 107 Å². The fourth-order valence-corrected chi connectivity index (χ4v) is 1.96. The third-order valence-electron chi connectivity index (χ3n) is 3.03. The Kier molecular flexibility index (Phi) is 4.78. The van der Waals surface area contributed by atoms with Crippen molar-refractivity contribution in [2.75, 3.05) is 19.8 Å². The number of rotatable bonds is 5. The Morgan fingerprint density at radius 1 is 1.67 bits per heavy atom. The van der Waals surface area contributed by atoms with Gasteiger partial charge in [-0.1, -0.05) is 0 Å². The lowest BCUT2D eigenvalue weighted by Crippen LogP contribution is -2.52. The van der Waals surface area contributed by atoms with Gasteiger partial charge in [-0.2, -0.15) is 0 Å². The normalized spacial score (nSPS) is 21.5. The van der Waals surface area contributed by atoms with E-state index in [1.165, 1.54) is 0 Å². The first kappa shape index (κ1) is 13.1. The van der Waals surface area contributed by atoms with Crippen molar-refractivity contribution in [2.24, 2.45) is 0 Å². The van der Waals surface area contributed by atoms with Crippen LogP contribution in [-0.4, -0.2) is 37.7 Å². The Balaban J connectivity index is 1.69. The minimum absolute atomic E-state index is 0.0154. The van der Waals surface area contributed by atoms with Crippen LogP contribution in [0.15, 0.2) is 22.8 Å². The second-order valence-corrected chi connectivity index (χ2v) is 4.61. The molecule has 100 valence electrons. The second kappa shape index (κ2) is 6.56. The molecular formula is C13H20N2O3. The molecular weight excluding hydrogens is 232 g/mol. The van der Waals surface area contributed by atoms with Crippen molar-refractivity contribution < 1.29 is 13.9 Å². The minimum atomic E-state index is -0.218. The van der Waals surface area contributed by atoms with Crippen LogP contribution in [0.4, 0.5) is 0 Å². The number of carbonyl (C=O) groups excluding carboxylic acids is 1. The molecule has 1 amide bonds. The molecule has 1 aromatic rings. The highest BCUT2D eigenvalue weighted by Crippen LogP contribution is 2.06. The highest BCUT2D eigenvalue weighted by molar-refractivity contribution is 5.82. The van der Waals surface area contributed by atoms with Gasteiger partial charge < -0.3 is 19.8 Å². The molecule has 1 aliphatic heterocycles. The molecule has 1 saturated heterocycles. The molecule has 2 unspecified atom stereocenters. The average molecular weight is 252 g/mol. The smallest absolute Gasteiger partial charge is 0.239 e. The van der Waals surface area contributed by atoms with Gasteiger partial charge >= 0.3 is 0 Å². The zero-order valence-corrected chi connectivity index (χ0v) is 10.6. The molecule has 5 heteroatoms. The van der Waals surface area contributed by atoms with Crippen molar-refractivity contribution in [1.82, 2.24) is 10.6 Å². The number of morpholine rings is 1.